The number of hydrogen-bond acceptors (Lipinski definition) is 2. The third-order valence-electron chi connectivity index (χ3n) is 2.36. The standard InChI is InChI=1S/C12H27N3S.HI/c1-4-5-6-7-9-14-12(13-2)15-10-8-11-16-3;/h4-11H2,1-3H3,(H2,13,14,15);1H. The van der Waals surface area contributed by atoms with Crippen molar-refractivity contribution in [3.05, 3.63) is 0 Å². The van der Waals surface area contributed by atoms with Gasteiger partial charge in [-0.3, -0.25) is 4.99 Å². The van der Waals surface area contributed by atoms with Gasteiger partial charge in [-0.1, -0.05) is 26.2 Å². The van der Waals surface area contributed by atoms with Crippen LogP contribution >= 0.6 is 35.7 Å². The van der Waals surface area contributed by atoms with Crippen molar-refractivity contribution in [1.82, 2.24) is 10.6 Å². The number of aliphatic imine (C=N–C) groups is 1. The summed E-state index contributed by atoms with van der Waals surface area (Å²) in [5.74, 6) is 2.15. The second-order valence-corrected chi connectivity index (χ2v) is 4.82. The van der Waals surface area contributed by atoms with Crippen LogP contribution in [0.4, 0.5) is 0 Å². The van der Waals surface area contributed by atoms with E-state index in [1.165, 1.54) is 37.9 Å². The molecule has 0 aliphatic rings. The minimum absolute atomic E-state index is 0. The third kappa shape index (κ3) is 14.3. The second kappa shape index (κ2) is 16.4. The van der Waals surface area contributed by atoms with Gasteiger partial charge in [0.25, 0.3) is 0 Å². The quantitative estimate of drug-likeness (QED) is 0.282. The van der Waals surface area contributed by atoms with Gasteiger partial charge in [-0.25, -0.2) is 0 Å². The van der Waals surface area contributed by atoms with Crippen LogP contribution in [0.5, 0.6) is 0 Å². The summed E-state index contributed by atoms with van der Waals surface area (Å²) in [5.41, 5.74) is 0. The van der Waals surface area contributed by atoms with Gasteiger partial charge in [0.05, 0.1) is 0 Å². The minimum Gasteiger partial charge on any atom is -0.356 e. The molecule has 0 amide bonds. The van der Waals surface area contributed by atoms with Gasteiger partial charge in [-0.05, 0) is 24.9 Å². The smallest absolute Gasteiger partial charge is 0.190 e. The fraction of sp³-hybridized carbons (Fsp3) is 0.917. The summed E-state index contributed by atoms with van der Waals surface area (Å²) in [6, 6.07) is 0. The molecule has 0 aliphatic carbocycles. The highest BCUT2D eigenvalue weighted by molar-refractivity contribution is 14.0. The highest BCUT2D eigenvalue weighted by Gasteiger charge is 1.95. The molecule has 5 heteroatoms. The zero-order chi connectivity index (χ0) is 12.1. The lowest BCUT2D eigenvalue weighted by molar-refractivity contribution is 0.646. The molecule has 0 rings (SSSR count). The van der Waals surface area contributed by atoms with Gasteiger partial charge in [-0.15, -0.1) is 24.0 Å². The summed E-state index contributed by atoms with van der Waals surface area (Å²) >= 11 is 1.89. The predicted octanol–water partition coefficient (Wildman–Crippen LogP) is 3.10. The van der Waals surface area contributed by atoms with Crippen molar-refractivity contribution in [2.45, 2.75) is 39.0 Å². The van der Waals surface area contributed by atoms with Crippen LogP contribution in [0.25, 0.3) is 0 Å². The van der Waals surface area contributed by atoms with Crippen LogP contribution in [-0.4, -0.2) is 38.1 Å². The fourth-order valence-electron chi connectivity index (χ4n) is 1.40. The second-order valence-electron chi connectivity index (χ2n) is 3.83. The minimum atomic E-state index is 0. The monoisotopic (exact) mass is 373 g/mol. The molecule has 0 heterocycles. The molecule has 0 radical (unpaired) electrons. The van der Waals surface area contributed by atoms with Gasteiger partial charge in [0.1, 0.15) is 0 Å². The molecule has 3 nitrogen and oxygen atoms in total. The molecule has 0 fully saturated rings. The van der Waals surface area contributed by atoms with Gasteiger partial charge < -0.3 is 10.6 Å². The Morgan fingerprint density at radius 1 is 1.06 bits per heavy atom. The van der Waals surface area contributed by atoms with E-state index in [0.29, 0.717) is 0 Å². The summed E-state index contributed by atoms with van der Waals surface area (Å²) in [4.78, 5) is 4.19. The van der Waals surface area contributed by atoms with Crippen molar-refractivity contribution in [1.29, 1.82) is 0 Å². The molecule has 0 atom stereocenters. The molecule has 0 bridgehead atoms. The number of hydrogen-bond donors (Lipinski definition) is 2. The van der Waals surface area contributed by atoms with E-state index in [4.69, 9.17) is 0 Å². The Morgan fingerprint density at radius 2 is 1.71 bits per heavy atom. The Hall–Kier alpha value is 0.350. The number of rotatable bonds is 9. The van der Waals surface area contributed by atoms with E-state index >= 15 is 0 Å². The summed E-state index contributed by atoms with van der Waals surface area (Å²) in [6.07, 6.45) is 8.51. The molecule has 104 valence electrons. The zero-order valence-corrected chi connectivity index (χ0v) is 14.6. The van der Waals surface area contributed by atoms with Gasteiger partial charge >= 0.3 is 0 Å². The maximum Gasteiger partial charge on any atom is 0.190 e. The largest absolute Gasteiger partial charge is 0.356 e. The first-order valence-electron chi connectivity index (χ1n) is 6.28. The van der Waals surface area contributed by atoms with E-state index in [1.807, 2.05) is 18.8 Å². The number of nitrogens with one attached hydrogen (secondary N) is 2. The van der Waals surface area contributed by atoms with Crippen molar-refractivity contribution in [2.24, 2.45) is 4.99 Å². The average molecular weight is 373 g/mol. The number of guanidine groups is 1. The molecule has 0 aliphatic heterocycles. The van der Waals surface area contributed by atoms with Crippen LogP contribution in [0.15, 0.2) is 4.99 Å². The highest BCUT2D eigenvalue weighted by Crippen LogP contribution is 1.97. The Labute approximate surface area is 128 Å². The van der Waals surface area contributed by atoms with Crippen LogP contribution in [0.2, 0.25) is 0 Å². The molecule has 0 aromatic rings. The maximum atomic E-state index is 4.19. The van der Waals surface area contributed by atoms with E-state index in [0.717, 1.165) is 19.0 Å². The number of nitrogens with zero attached hydrogens (tertiary/aromatic N) is 1. The molecular weight excluding hydrogens is 345 g/mol. The first-order chi connectivity index (χ1) is 7.85. The predicted molar refractivity (Wildman–Crippen MR) is 91.9 cm³/mol. The van der Waals surface area contributed by atoms with Gasteiger partial charge in [0.2, 0.25) is 0 Å². The summed E-state index contributed by atoms with van der Waals surface area (Å²) < 4.78 is 0. The van der Waals surface area contributed by atoms with Crippen molar-refractivity contribution < 1.29 is 0 Å². The van der Waals surface area contributed by atoms with Crippen LogP contribution < -0.4 is 10.6 Å². The fourth-order valence-corrected chi connectivity index (χ4v) is 1.84. The molecule has 0 saturated carbocycles. The van der Waals surface area contributed by atoms with Crippen LogP contribution in [0.3, 0.4) is 0 Å². The Morgan fingerprint density at radius 3 is 2.24 bits per heavy atom. The van der Waals surface area contributed by atoms with Crippen molar-refractivity contribution in [3.63, 3.8) is 0 Å². The van der Waals surface area contributed by atoms with Crippen LogP contribution in [-0.2, 0) is 0 Å². The lowest BCUT2D eigenvalue weighted by Gasteiger charge is -2.11. The summed E-state index contributed by atoms with van der Waals surface area (Å²) in [6.45, 7) is 4.28. The molecular formula is C12H28IN3S. The Balaban J connectivity index is 0. The first-order valence-corrected chi connectivity index (χ1v) is 7.68. The Kier molecular flexibility index (Phi) is 18.9. The molecule has 0 aromatic heterocycles. The van der Waals surface area contributed by atoms with Gasteiger partial charge in [0, 0.05) is 20.1 Å². The lowest BCUT2D eigenvalue weighted by atomic mass is 10.2. The van der Waals surface area contributed by atoms with E-state index in [-0.39, 0.29) is 24.0 Å². The number of halogens is 1. The molecule has 0 saturated heterocycles. The van der Waals surface area contributed by atoms with E-state index in [1.54, 1.807) is 0 Å². The van der Waals surface area contributed by atoms with E-state index < -0.39 is 0 Å². The first kappa shape index (κ1) is 19.7. The van der Waals surface area contributed by atoms with Crippen LogP contribution in [0, 0.1) is 0 Å². The molecule has 17 heavy (non-hydrogen) atoms. The van der Waals surface area contributed by atoms with Gasteiger partial charge in [-0.2, -0.15) is 11.8 Å². The highest BCUT2D eigenvalue weighted by atomic mass is 127. The summed E-state index contributed by atoms with van der Waals surface area (Å²) in [5, 5.41) is 6.66. The lowest BCUT2D eigenvalue weighted by Crippen LogP contribution is -2.38. The maximum absolute atomic E-state index is 4.19. The molecule has 0 aromatic carbocycles. The Bertz CT molecular complexity index is 177. The SMILES string of the molecule is CCCCCCNC(=NC)NCCCSC.I. The average Bonchev–Trinajstić information content (AvgIpc) is 2.31. The van der Waals surface area contributed by atoms with Gasteiger partial charge in [0.15, 0.2) is 5.96 Å². The van der Waals surface area contributed by atoms with Crippen molar-refractivity contribution in [3.8, 4) is 0 Å². The number of thioether (sulfide) groups is 1. The zero-order valence-electron chi connectivity index (χ0n) is 11.4. The molecule has 0 spiro atoms. The topological polar surface area (TPSA) is 36.4 Å². The molecule has 0 unspecified atom stereocenters. The van der Waals surface area contributed by atoms with Crippen molar-refractivity contribution >= 4 is 41.7 Å². The van der Waals surface area contributed by atoms with E-state index in [9.17, 15) is 0 Å². The van der Waals surface area contributed by atoms with E-state index in [2.05, 4.69) is 28.8 Å². The summed E-state index contributed by atoms with van der Waals surface area (Å²) in [7, 11) is 1.83. The number of unbranched alkanes of at least 4 members (excludes halogenated alkanes) is 3. The normalized spacial score (nSPS) is 10.9. The van der Waals surface area contributed by atoms with Crippen LogP contribution in [0.1, 0.15) is 39.0 Å². The third-order valence-corrected chi connectivity index (χ3v) is 3.06. The molecule has 2 N–H and O–H groups in total. The van der Waals surface area contributed by atoms with Crippen molar-refractivity contribution in [2.75, 3.05) is 32.1 Å².